The summed E-state index contributed by atoms with van der Waals surface area (Å²) >= 11 is 1.39. The van der Waals surface area contributed by atoms with Crippen molar-refractivity contribution in [1.82, 2.24) is 0 Å². The van der Waals surface area contributed by atoms with Crippen molar-refractivity contribution >= 4 is 34.2 Å². The van der Waals surface area contributed by atoms with Gasteiger partial charge in [-0.05, 0) is 62.3 Å². The number of esters is 2. The lowest BCUT2D eigenvalue weighted by Gasteiger charge is -2.18. The minimum atomic E-state index is -0.640. The summed E-state index contributed by atoms with van der Waals surface area (Å²) in [7, 11) is 0. The van der Waals surface area contributed by atoms with Crippen LogP contribution in [-0.2, 0) is 33.7 Å². The zero-order valence-corrected chi connectivity index (χ0v) is 18.7. The Morgan fingerprint density at radius 2 is 1.90 bits per heavy atom. The molecule has 1 amide bonds. The van der Waals surface area contributed by atoms with Crippen molar-refractivity contribution in [1.29, 1.82) is 0 Å². The number of nitrogens with one attached hydrogen (secondary N) is 1. The summed E-state index contributed by atoms with van der Waals surface area (Å²) in [5.74, 6) is -1.09. The number of hydrogen-bond acceptors (Lipinski definition) is 7. The van der Waals surface area contributed by atoms with Crippen LogP contribution in [0.1, 0.15) is 63.9 Å². The fraction of sp³-hybridized carbons (Fsp3) is 0.435. The summed E-state index contributed by atoms with van der Waals surface area (Å²) < 4.78 is 10.5. The van der Waals surface area contributed by atoms with Gasteiger partial charge in [-0.3, -0.25) is 4.79 Å². The van der Waals surface area contributed by atoms with Gasteiger partial charge >= 0.3 is 11.9 Å². The Balaban J connectivity index is 1.69. The molecule has 0 bridgehead atoms. The highest BCUT2D eigenvalue weighted by molar-refractivity contribution is 7.17. The van der Waals surface area contributed by atoms with Crippen LogP contribution in [-0.4, -0.2) is 35.7 Å². The van der Waals surface area contributed by atoms with Crippen LogP contribution < -0.4 is 5.32 Å². The van der Waals surface area contributed by atoms with E-state index in [-0.39, 0.29) is 18.3 Å². The summed E-state index contributed by atoms with van der Waals surface area (Å²) in [6.07, 6.45) is 2.33. The van der Waals surface area contributed by atoms with Crippen molar-refractivity contribution < 1.29 is 29.0 Å². The quantitative estimate of drug-likeness (QED) is 0.630. The molecule has 0 saturated carbocycles. The van der Waals surface area contributed by atoms with E-state index in [0.29, 0.717) is 22.0 Å². The van der Waals surface area contributed by atoms with E-state index in [1.165, 1.54) is 23.5 Å². The van der Waals surface area contributed by atoms with Gasteiger partial charge in [-0.15, -0.1) is 11.3 Å². The Labute approximate surface area is 185 Å². The maximum absolute atomic E-state index is 12.7. The molecular weight excluding hydrogens is 418 g/mol. The third-order valence-electron chi connectivity index (χ3n) is 5.02. The Bertz CT molecular complexity index is 963. The molecule has 1 aliphatic rings. The summed E-state index contributed by atoms with van der Waals surface area (Å²) in [5.41, 5.74) is 2.32. The van der Waals surface area contributed by atoms with Gasteiger partial charge in [-0.1, -0.05) is 19.1 Å². The van der Waals surface area contributed by atoms with Gasteiger partial charge in [0.1, 0.15) is 5.00 Å². The van der Waals surface area contributed by atoms with Gasteiger partial charge in [0.05, 0.1) is 23.8 Å². The lowest BCUT2D eigenvalue weighted by Crippen LogP contribution is -2.22. The predicted molar refractivity (Wildman–Crippen MR) is 117 cm³/mol. The maximum atomic E-state index is 12.7. The molecule has 2 N–H and O–H groups in total. The van der Waals surface area contributed by atoms with Crippen LogP contribution in [0.25, 0.3) is 0 Å². The molecule has 3 rings (SSSR count). The van der Waals surface area contributed by atoms with E-state index < -0.39 is 24.5 Å². The van der Waals surface area contributed by atoms with E-state index >= 15 is 0 Å². The van der Waals surface area contributed by atoms with Crippen LogP contribution in [0.4, 0.5) is 5.00 Å². The zero-order chi connectivity index (χ0) is 22.5. The molecule has 1 aliphatic carbocycles. The number of anilines is 1. The molecule has 8 heteroatoms. The molecule has 0 spiro atoms. The molecule has 0 fully saturated rings. The highest BCUT2D eigenvalue weighted by Gasteiger charge is 2.29. The number of carbonyl (C=O) groups excluding carboxylic acids is 3. The molecule has 1 aromatic carbocycles. The number of hydrogen-bond donors (Lipinski definition) is 2. The number of aliphatic hydroxyl groups excluding tert-OH is 1. The molecular formula is C23H27NO6S. The second-order valence-corrected chi connectivity index (χ2v) is 9.09. The van der Waals surface area contributed by atoms with E-state index in [1.54, 1.807) is 26.0 Å². The van der Waals surface area contributed by atoms with Crippen molar-refractivity contribution in [3.8, 4) is 0 Å². The second kappa shape index (κ2) is 10.1. The molecule has 1 heterocycles. The van der Waals surface area contributed by atoms with Crippen LogP contribution in [0, 0.1) is 5.92 Å². The van der Waals surface area contributed by atoms with Crippen LogP contribution in [0.3, 0.4) is 0 Å². The molecule has 0 saturated heterocycles. The average Bonchev–Trinajstić information content (AvgIpc) is 3.08. The number of amides is 1. The number of benzene rings is 1. The van der Waals surface area contributed by atoms with E-state index in [9.17, 15) is 14.4 Å². The first kappa shape index (κ1) is 23.0. The van der Waals surface area contributed by atoms with Gasteiger partial charge in [-0.25, -0.2) is 9.59 Å². The predicted octanol–water partition coefficient (Wildman–Crippen LogP) is 3.73. The molecule has 166 valence electrons. The molecule has 0 aliphatic heterocycles. The standard InChI is InChI=1S/C23H27NO6S/c1-13(2)30-23(28)20-17-9-4-14(3)10-18(17)31-21(20)24-19(26)12-29-22(27)16-7-5-15(11-25)6-8-16/h5-8,13-14,25H,4,9-12H2,1-3H3,(H,24,26). The van der Waals surface area contributed by atoms with E-state index in [4.69, 9.17) is 14.6 Å². The topological polar surface area (TPSA) is 102 Å². The van der Waals surface area contributed by atoms with E-state index in [1.807, 2.05) is 0 Å². The van der Waals surface area contributed by atoms with Gasteiger partial charge in [-0.2, -0.15) is 0 Å². The molecule has 1 aromatic heterocycles. The number of ether oxygens (including phenoxy) is 2. The maximum Gasteiger partial charge on any atom is 0.341 e. The van der Waals surface area contributed by atoms with Gasteiger partial charge < -0.3 is 19.9 Å². The SMILES string of the molecule is CC1CCc2c(sc(NC(=O)COC(=O)c3ccc(CO)cc3)c2C(=O)OC(C)C)C1. The van der Waals surface area contributed by atoms with Crippen LogP contribution >= 0.6 is 11.3 Å². The normalized spacial score (nSPS) is 15.3. The third kappa shape index (κ3) is 5.71. The smallest absolute Gasteiger partial charge is 0.341 e. The largest absolute Gasteiger partial charge is 0.459 e. The van der Waals surface area contributed by atoms with Crippen molar-refractivity contribution in [3.63, 3.8) is 0 Å². The number of thiophene rings is 1. The first-order valence-corrected chi connectivity index (χ1v) is 11.1. The number of aliphatic hydroxyl groups is 1. The molecule has 31 heavy (non-hydrogen) atoms. The molecule has 1 unspecified atom stereocenters. The fourth-order valence-electron chi connectivity index (χ4n) is 3.45. The monoisotopic (exact) mass is 445 g/mol. The minimum absolute atomic E-state index is 0.122. The minimum Gasteiger partial charge on any atom is -0.459 e. The van der Waals surface area contributed by atoms with Crippen molar-refractivity contribution in [2.75, 3.05) is 11.9 Å². The molecule has 1 atom stereocenters. The first-order valence-electron chi connectivity index (χ1n) is 10.3. The van der Waals surface area contributed by atoms with Gasteiger partial charge in [0.25, 0.3) is 5.91 Å². The Morgan fingerprint density at radius 1 is 1.19 bits per heavy atom. The fourth-order valence-corrected chi connectivity index (χ4v) is 4.87. The Morgan fingerprint density at radius 3 is 2.55 bits per heavy atom. The van der Waals surface area contributed by atoms with Crippen LogP contribution in [0.5, 0.6) is 0 Å². The lowest BCUT2D eigenvalue weighted by atomic mass is 9.88. The average molecular weight is 446 g/mol. The summed E-state index contributed by atoms with van der Waals surface area (Å²) in [4.78, 5) is 38.4. The van der Waals surface area contributed by atoms with E-state index in [2.05, 4.69) is 12.2 Å². The van der Waals surface area contributed by atoms with Crippen LogP contribution in [0.15, 0.2) is 24.3 Å². The third-order valence-corrected chi connectivity index (χ3v) is 6.19. The van der Waals surface area contributed by atoms with E-state index in [0.717, 1.165) is 29.7 Å². The zero-order valence-electron chi connectivity index (χ0n) is 17.9. The highest BCUT2D eigenvalue weighted by Crippen LogP contribution is 2.40. The van der Waals surface area contributed by atoms with Gasteiger partial charge in [0, 0.05) is 4.88 Å². The molecule has 2 aromatic rings. The number of fused-ring (bicyclic) bond motifs is 1. The Kier molecular flexibility index (Phi) is 7.46. The summed E-state index contributed by atoms with van der Waals surface area (Å²) in [6, 6.07) is 6.28. The number of rotatable bonds is 7. The van der Waals surface area contributed by atoms with Crippen molar-refractivity contribution in [2.24, 2.45) is 5.92 Å². The summed E-state index contributed by atoms with van der Waals surface area (Å²) in [6.45, 7) is 5.13. The Hall–Kier alpha value is -2.71. The first-order chi connectivity index (χ1) is 14.8. The number of carbonyl (C=O) groups is 3. The van der Waals surface area contributed by atoms with Gasteiger partial charge in [0.2, 0.25) is 0 Å². The van der Waals surface area contributed by atoms with Crippen LogP contribution in [0.2, 0.25) is 0 Å². The van der Waals surface area contributed by atoms with Gasteiger partial charge in [0.15, 0.2) is 6.61 Å². The van der Waals surface area contributed by atoms with Crippen molar-refractivity contribution in [2.45, 2.75) is 52.7 Å². The summed E-state index contributed by atoms with van der Waals surface area (Å²) in [5, 5.41) is 12.2. The highest BCUT2D eigenvalue weighted by atomic mass is 32.1. The molecule has 0 radical (unpaired) electrons. The lowest BCUT2D eigenvalue weighted by molar-refractivity contribution is -0.119. The molecule has 7 nitrogen and oxygen atoms in total. The second-order valence-electron chi connectivity index (χ2n) is 7.99. The van der Waals surface area contributed by atoms with Crippen molar-refractivity contribution in [3.05, 3.63) is 51.4 Å².